The van der Waals surface area contributed by atoms with E-state index in [0.29, 0.717) is 22.8 Å². The Labute approximate surface area is 127 Å². The van der Waals surface area contributed by atoms with Gasteiger partial charge in [0.05, 0.1) is 11.4 Å². The average Bonchev–Trinajstić information content (AvgIpc) is 2.70. The summed E-state index contributed by atoms with van der Waals surface area (Å²) in [5.41, 5.74) is 1.23. The van der Waals surface area contributed by atoms with Gasteiger partial charge >= 0.3 is 0 Å². The van der Waals surface area contributed by atoms with Gasteiger partial charge in [0.1, 0.15) is 4.90 Å². The quantitative estimate of drug-likeness (QED) is 0.801. The highest BCUT2D eigenvalue weighted by atomic mass is 32.2. The fourth-order valence-electron chi connectivity index (χ4n) is 2.91. The van der Waals surface area contributed by atoms with Crippen LogP contribution in [0.5, 0.6) is 0 Å². The van der Waals surface area contributed by atoms with Crippen LogP contribution in [0.25, 0.3) is 0 Å². The molecule has 1 saturated heterocycles. The van der Waals surface area contributed by atoms with Gasteiger partial charge in [-0.1, -0.05) is 6.42 Å². The van der Waals surface area contributed by atoms with Gasteiger partial charge in [-0.2, -0.15) is 5.10 Å². The minimum atomic E-state index is -3.46. The number of nitrogens with one attached hydrogen (secondary N) is 1. The summed E-state index contributed by atoms with van der Waals surface area (Å²) in [6.07, 6.45) is 4.69. The van der Waals surface area contributed by atoms with Gasteiger partial charge in [0.15, 0.2) is 0 Å². The first-order valence-corrected chi connectivity index (χ1v) is 9.12. The lowest BCUT2D eigenvalue weighted by molar-refractivity contribution is 0.227. The van der Waals surface area contributed by atoms with E-state index in [1.54, 1.807) is 25.6 Å². The average molecular weight is 314 g/mol. The second kappa shape index (κ2) is 6.89. The van der Waals surface area contributed by atoms with Crippen LogP contribution in [-0.4, -0.2) is 49.3 Å². The molecule has 7 heteroatoms. The molecule has 0 atom stereocenters. The molecular formula is C14H26N4O2S. The van der Waals surface area contributed by atoms with E-state index in [2.05, 4.69) is 14.7 Å². The third kappa shape index (κ3) is 4.05. The van der Waals surface area contributed by atoms with E-state index in [1.165, 1.54) is 19.3 Å². The van der Waals surface area contributed by atoms with Crippen molar-refractivity contribution in [2.45, 2.75) is 44.4 Å². The first kappa shape index (κ1) is 16.5. The Kier molecular flexibility index (Phi) is 5.40. The number of sulfonamides is 1. The van der Waals surface area contributed by atoms with Crippen molar-refractivity contribution in [3.05, 3.63) is 11.4 Å². The van der Waals surface area contributed by atoms with Gasteiger partial charge in [0.25, 0.3) is 0 Å². The van der Waals surface area contributed by atoms with Gasteiger partial charge in [-0.25, -0.2) is 13.1 Å². The van der Waals surface area contributed by atoms with Crippen molar-refractivity contribution in [3.8, 4) is 0 Å². The summed E-state index contributed by atoms with van der Waals surface area (Å²) in [4.78, 5) is 2.74. The molecule has 21 heavy (non-hydrogen) atoms. The molecule has 0 amide bonds. The number of aryl methyl sites for hydroxylation is 2. The highest BCUT2D eigenvalue weighted by Crippen LogP contribution is 2.18. The molecule has 1 aliphatic rings. The van der Waals surface area contributed by atoms with E-state index in [-0.39, 0.29) is 0 Å². The molecule has 0 radical (unpaired) electrons. The summed E-state index contributed by atoms with van der Waals surface area (Å²) in [5, 5.41) is 4.17. The highest BCUT2D eigenvalue weighted by molar-refractivity contribution is 7.89. The Hall–Kier alpha value is -0.920. The molecule has 6 nitrogen and oxygen atoms in total. The van der Waals surface area contributed by atoms with Crippen molar-refractivity contribution in [3.63, 3.8) is 0 Å². The van der Waals surface area contributed by atoms with E-state index in [9.17, 15) is 8.42 Å². The van der Waals surface area contributed by atoms with Crippen LogP contribution in [0.15, 0.2) is 4.90 Å². The Morgan fingerprint density at radius 1 is 1.19 bits per heavy atom. The SMILES string of the molecule is Cc1nn(C)c(C)c1S(=O)(=O)NCCCN1CCCCC1. The summed E-state index contributed by atoms with van der Waals surface area (Å²) in [6.45, 7) is 7.25. The number of aromatic nitrogens is 2. The van der Waals surface area contributed by atoms with Gasteiger partial charge in [0.2, 0.25) is 10.0 Å². The maximum Gasteiger partial charge on any atom is 0.244 e. The summed E-state index contributed by atoms with van der Waals surface area (Å²) < 4.78 is 29.0. The highest BCUT2D eigenvalue weighted by Gasteiger charge is 2.23. The van der Waals surface area contributed by atoms with E-state index in [1.807, 2.05) is 0 Å². The molecule has 1 N–H and O–H groups in total. The molecule has 2 rings (SSSR count). The summed E-state index contributed by atoms with van der Waals surface area (Å²) in [7, 11) is -1.69. The molecular weight excluding hydrogens is 288 g/mol. The maximum absolute atomic E-state index is 12.4. The third-order valence-electron chi connectivity index (χ3n) is 4.10. The molecule has 2 heterocycles. The molecule has 1 aromatic rings. The van der Waals surface area contributed by atoms with E-state index in [0.717, 1.165) is 26.1 Å². The summed E-state index contributed by atoms with van der Waals surface area (Å²) >= 11 is 0. The minimum Gasteiger partial charge on any atom is -0.303 e. The summed E-state index contributed by atoms with van der Waals surface area (Å²) in [6, 6.07) is 0. The predicted octanol–water partition coefficient (Wildman–Crippen LogP) is 1.19. The van der Waals surface area contributed by atoms with Crippen molar-refractivity contribution in [1.82, 2.24) is 19.4 Å². The Bertz CT molecular complexity index is 574. The molecule has 0 aromatic carbocycles. The van der Waals surface area contributed by atoms with Gasteiger partial charge in [-0.05, 0) is 52.7 Å². The van der Waals surface area contributed by atoms with Crippen LogP contribution in [-0.2, 0) is 17.1 Å². The standard InChI is InChI=1S/C14H26N4O2S/c1-12-14(13(2)17(3)16-12)21(19,20)15-8-7-11-18-9-5-4-6-10-18/h15H,4-11H2,1-3H3. The number of hydrogen-bond donors (Lipinski definition) is 1. The second-order valence-corrected chi connectivity index (χ2v) is 7.48. The Balaban J connectivity index is 1.86. The van der Waals surface area contributed by atoms with Gasteiger partial charge in [-0.15, -0.1) is 0 Å². The predicted molar refractivity (Wildman–Crippen MR) is 82.8 cm³/mol. The van der Waals surface area contributed by atoms with Crippen molar-refractivity contribution in [2.24, 2.45) is 7.05 Å². The zero-order chi connectivity index (χ0) is 15.5. The maximum atomic E-state index is 12.4. The zero-order valence-corrected chi connectivity index (χ0v) is 14.0. The van der Waals surface area contributed by atoms with Crippen LogP contribution < -0.4 is 4.72 Å². The normalized spacial score (nSPS) is 17.3. The number of hydrogen-bond acceptors (Lipinski definition) is 4. The van der Waals surface area contributed by atoms with Crippen molar-refractivity contribution >= 4 is 10.0 Å². The number of rotatable bonds is 6. The smallest absolute Gasteiger partial charge is 0.244 e. The van der Waals surface area contributed by atoms with Crippen molar-refractivity contribution in [2.75, 3.05) is 26.2 Å². The Morgan fingerprint density at radius 2 is 1.86 bits per heavy atom. The first-order valence-electron chi connectivity index (χ1n) is 7.64. The fourth-order valence-corrected chi connectivity index (χ4v) is 4.42. The lowest BCUT2D eigenvalue weighted by Crippen LogP contribution is -2.33. The van der Waals surface area contributed by atoms with Gasteiger partial charge < -0.3 is 4.90 Å². The van der Waals surface area contributed by atoms with E-state index < -0.39 is 10.0 Å². The zero-order valence-electron chi connectivity index (χ0n) is 13.2. The molecule has 1 fully saturated rings. The van der Waals surface area contributed by atoms with Crippen LogP contribution >= 0.6 is 0 Å². The lowest BCUT2D eigenvalue weighted by atomic mass is 10.1. The third-order valence-corrected chi connectivity index (χ3v) is 5.82. The molecule has 1 aliphatic heterocycles. The van der Waals surface area contributed by atoms with Crippen LogP contribution in [0.2, 0.25) is 0 Å². The fraction of sp³-hybridized carbons (Fsp3) is 0.786. The van der Waals surface area contributed by atoms with E-state index >= 15 is 0 Å². The molecule has 0 spiro atoms. The molecule has 0 saturated carbocycles. The molecule has 0 unspecified atom stereocenters. The molecule has 1 aromatic heterocycles. The first-order chi connectivity index (χ1) is 9.92. The molecule has 0 aliphatic carbocycles. The Morgan fingerprint density at radius 3 is 2.43 bits per heavy atom. The number of nitrogens with zero attached hydrogens (tertiary/aromatic N) is 3. The van der Waals surface area contributed by atoms with Crippen LogP contribution in [0.4, 0.5) is 0 Å². The molecule has 120 valence electrons. The van der Waals surface area contributed by atoms with Crippen molar-refractivity contribution in [1.29, 1.82) is 0 Å². The van der Waals surface area contributed by atoms with Gasteiger partial charge in [-0.3, -0.25) is 4.68 Å². The van der Waals surface area contributed by atoms with E-state index in [4.69, 9.17) is 0 Å². The molecule has 0 bridgehead atoms. The van der Waals surface area contributed by atoms with Crippen LogP contribution in [0.3, 0.4) is 0 Å². The topological polar surface area (TPSA) is 67.2 Å². The minimum absolute atomic E-state index is 0.322. The van der Waals surface area contributed by atoms with Gasteiger partial charge in [0, 0.05) is 13.6 Å². The van der Waals surface area contributed by atoms with Crippen molar-refractivity contribution < 1.29 is 8.42 Å². The number of likely N-dealkylation sites (tertiary alicyclic amines) is 1. The van der Waals surface area contributed by atoms with Crippen LogP contribution in [0.1, 0.15) is 37.1 Å². The van der Waals surface area contributed by atoms with Crippen LogP contribution in [0, 0.1) is 13.8 Å². The largest absolute Gasteiger partial charge is 0.303 e. The number of piperidine rings is 1. The summed E-state index contributed by atoms with van der Waals surface area (Å²) in [5.74, 6) is 0. The monoisotopic (exact) mass is 314 g/mol. The lowest BCUT2D eigenvalue weighted by Gasteiger charge is -2.26. The second-order valence-electron chi connectivity index (χ2n) is 5.78.